The van der Waals surface area contributed by atoms with Crippen LogP contribution in [-0.4, -0.2) is 3.21 Å². The van der Waals surface area contributed by atoms with E-state index in [0.717, 1.165) is 0 Å². The second-order valence-electron chi connectivity index (χ2n) is 19.3. The van der Waals surface area contributed by atoms with Crippen LogP contribution in [0.3, 0.4) is 0 Å². The van der Waals surface area contributed by atoms with Crippen LogP contribution in [0, 0.1) is 16.7 Å². The Morgan fingerprint density at radius 2 is 1.00 bits per heavy atom. The third kappa shape index (κ3) is 6.63. The van der Waals surface area contributed by atoms with Gasteiger partial charge in [-0.3, -0.25) is 0 Å². The molecule has 4 aromatic carbocycles. The minimum absolute atomic E-state index is 0. The van der Waals surface area contributed by atoms with Gasteiger partial charge in [0, 0.05) is 0 Å². The molecule has 0 bridgehead atoms. The molecule has 0 spiro atoms. The first-order chi connectivity index (χ1) is 24.4. The van der Waals surface area contributed by atoms with Crippen molar-refractivity contribution in [1.29, 1.82) is 0 Å². The Kier molecular flexibility index (Phi) is 10.6. The maximum absolute atomic E-state index is 2.93. The first kappa shape index (κ1) is 40.8. The Labute approximate surface area is 345 Å². The maximum atomic E-state index is 2.70. The Bertz CT molecular complexity index is 2170. The van der Waals surface area contributed by atoms with Gasteiger partial charge in [-0.15, -0.1) is 0 Å². The third-order valence-electron chi connectivity index (χ3n) is 12.3. The minimum Gasteiger partial charge on any atom is -1.00 e. The molecule has 0 saturated heterocycles. The second-order valence-corrected chi connectivity index (χ2v) is 25.4. The number of halogens is 2. The first-order valence-corrected chi connectivity index (χ1v) is 23.3. The fraction of sp³-hybridized carbons (Fsp3) is 0.353. The molecule has 0 amide bonds. The van der Waals surface area contributed by atoms with Crippen molar-refractivity contribution in [2.45, 2.75) is 97.5 Å². The van der Waals surface area contributed by atoms with Crippen LogP contribution in [-0.2, 0) is 32.1 Å². The molecule has 8 rings (SSSR count). The molecule has 0 saturated carbocycles. The Morgan fingerprint density at radius 1 is 0.593 bits per heavy atom. The summed E-state index contributed by atoms with van der Waals surface area (Å²) in [7, 11) is 0. The largest absolute Gasteiger partial charge is 1.00 e. The fourth-order valence-electron chi connectivity index (χ4n) is 9.82. The first-order valence-electron chi connectivity index (χ1n) is 19.5. The van der Waals surface area contributed by atoms with Gasteiger partial charge in [0.1, 0.15) is 0 Å². The summed E-state index contributed by atoms with van der Waals surface area (Å²) in [6.45, 7) is 28.9. The standard InChI is InChI=1S/C31H37.C13H10.C7H9.2ClH.Zr/c1-28(2,3)26-16-30(7,8)24-12-18-11-19-13-25-23(15-21(19)20(18)14-22(24)26)27(29(4,5)6)17-31(25,9)10;1-3-7-12(8-4-1)11-13-9-5-2-6-10-13;1-6-3-4-7(2)5-6;;;/h11-17H,1-10H3;1-10H;3,5,7H,1-2H3;2*1H;/q;;;;;+2/p-2. The van der Waals surface area contributed by atoms with Gasteiger partial charge in [0.05, 0.1) is 0 Å². The average molecular weight is 831 g/mol. The average Bonchev–Trinajstić information content (AvgIpc) is 3.75. The van der Waals surface area contributed by atoms with Gasteiger partial charge in [0.15, 0.2) is 0 Å². The van der Waals surface area contributed by atoms with E-state index in [-0.39, 0.29) is 46.5 Å². The van der Waals surface area contributed by atoms with Crippen molar-refractivity contribution in [2.75, 3.05) is 0 Å². The smallest absolute Gasteiger partial charge is 1.00 e. The molecule has 0 N–H and O–H groups in total. The molecule has 278 valence electrons. The summed E-state index contributed by atoms with van der Waals surface area (Å²) < 4.78 is 3.69. The van der Waals surface area contributed by atoms with Gasteiger partial charge in [-0.05, 0) is 0 Å². The number of benzene rings is 4. The molecule has 0 aliphatic heterocycles. The topological polar surface area (TPSA) is 0 Å². The van der Waals surface area contributed by atoms with Crippen molar-refractivity contribution >= 4 is 14.4 Å². The molecule has 0 heterocycles. The SMILES string of the molecule is CC1=CC(C)[C]([Zr+2](=[C](c2ccccc2)c2ccccc2)[CH]2c3cc4c(cc3-c3cc5c(cc32)C(C)(C)C=C5C(C)(C)C)C(C(C)(C)C)=CC4(C)C)=C1.[Cl-].[Cl-]. The summed E-state index contributed by atoms with van der Waals surface area (Å²) in [5.41, 5.74) is 19.3. The molecule has 1 unspecified atom stereocenters. The van der Waals surface area contributed by atoms with E-state index in [1.54, 1.807) is 17.6 Å². The zero-order chi connectivity index (χ0) is 37.1. The Morgan fingerprint density at radius 3 is 1.35 bits per heavy atom. The molecule has 3 heteroatoms. The van der Waals surface area contributed by atoms with Crippen LogP contribution in [0.1, 0.15) is 131 Å². The van der Waals surface area contributed by atoms with Crippen LogP contribution in [0.4, 0.5) is 0 Å². The predicted octanol–water partition coefficient (Wildman–Crippen LogP) is 7.57. The van der Waals surface area contributed by atoms with E-state index in [1.165, 1.54) is 61.2 Å². The molecule has 4 aliphatic rings. The van der Waals surface area contributed by atoms with Crippen LogP contribution in [0.2, 0.25) is 0 Å². The molecule has 54 heavy (non-hydrogen) atoms. The van der Waals surface area contributed by atoms with Crippen LogP contribution in [0.5, 0.6) is 0 Å². The summed E-state index contributed by atoms with van der Waals surface area (Å²) in [5.74, 6) is 0.435. The summed E-state index contributed by atoms with van der Waals surface area (Å²) in [4.78, 5) is 0. The summed E-state index contributed by atoms with van der Waals surface area (Å²) in [6.07, 6.45) is 10.3. The number of hydrogen-bond donors (Lipinski definition) is 0. The number of hydrogen-bond acceptors (Lipinski definition) is 0. The molecule has 1 atom stereocenters. The van der Waals surface area contributed by atoms with Crippen LogP contribution in [0.15, 0.2) is 118 Å². The van der Waals surface area contributed by atoms with Crippen molar-refractivity contribution in [3.8, 4) is 11.1 Å². The van der Waals surface area contributed by atoms with Crippen molar-refractivity contribution in [2.24, 2.45) is 16.7 Å². The van der Waals surface area contributed by atoms with Crippen molar-refractivity contribution in [3.05, 3.63) is 163 Å². The van der Waals surface area contributed by atoms with E-state index >= 15 is 0 Å². The molecule has 4 aliphatic carbocycles. The number of fused-ring (bicyclic) bond motifs is 5. The van der Waals surface area contributed by atoms with Gasteiger partial charge < -0.3 is 24.8 Å². The van der Waals surface area contributed by atoms with E-state index in [0.29, 0.717) is 9.54 Å². The quantitative estimate of drug-likeness (QED) is 0.199. The minimum atomic E-state index is -2.93. The molecule has 0 fully saturated rings. The van der Waals surface area contributed by atoms with Crippen LogP contribution in [0.25, 0.3) is 22.3 Å². The molecular weight excluding hydrogens is 775 g/mol. The van der Waals surface area contributed by atoms with Crippen molar-refractivity contribution in [3.63, 3.8) is 0 Å². The van der Waals surface area contributed by atoms with Gasteiger partial charge >= 0.3 is 324 Å². The van der Waals surface area contributed by atoms with Crippen LogP contribution < -0.4 is 24.8 Å². The van der Waals surface area contributed by atoms with E-state index in [2.05, 4.69) is 192 Å². The van der Waals surface area contributed by atoms with Gasteiger partial charge in [-0.1, -0.05) is 0 Å². The second kappa shape index (κ2) is 14.0. The Hall–Kier alpha value is -2.83. The fourth-order valence-corrected chi connectivity index (χ4v) is 19.5. The molecule has 0 aromatic heterocycles. The molecule has 0 radical (unpaired) electrons. The zero-order valence-electron chi connectivity index (χ0n) is 34.3. The maximum Gasteiger partial charge on any atom is -1.00 e. The van der Waals surface area contributed by atoms with E-state index in [9.17, 15) is 0 Å². The van der Waals surface area contributed by atoms with Crippen LogP contribution >= 0.6 is 0 Å². The Balaban J connectivity index is 0.00000249. The summed E-state index contributed by atoms with van der Waals surface area (Å²) >= 11 is -2.93. The van der Waals surface area contributed by atoms with E-state index in [1.807, 2.05) is 0 Å². The van der Waals surface area contributed by atoms with Gasteiger partial charge in [-0.25, -0.2) is 0 Å². The third-order valence-corrected chi connectivity index (χ3v) is 21.0. The van der Waals surface area contributed by atoms with Gasteiger partial charge in [0.25, 0.3) is 0 Å². The zero-order valence-corrected chi connectivity index (χ0v) is 38.3. The normalized spacial score (nSPS) is 18.8. The molecular formula is C51H56Cl2Zr. The summed E-state index contributed by atoms with van der Waals surface area (Å²) in [6, 6.07) is 33.6. The number of rotatable bonds is 4. The van der Waals surface area contributed by atoms with E-state index in [4.69, 9.17) is 0 Å². The molecule has 4 aromatic rings. The van der Waals surface area contributed by atoms with E-state index < -0.39 is 21.3 Å². The van der Waals surface area contributed by atoms with Gasteiger partial charge in [0.2, 0.25) is 0 Å². The monoisotopic (exact) mass is 828 g/mol. The predicted molar refractivity (Wildman–Crippen MR) is 222 cm³/mol. The van der Waals surface area contributed by atoms with Gasteiger partial charge in [-0.2, -0.15) is 0 Å². The number of allylic oxidation sites excluding steroid dienone is 8. The van der Waals surface area contributed by atoms with Crippen molar-refractivity contribution in [1.82, 2.24) is 0 Å². The molecule has 0 nitrogen and oxygen atoms in total. The van der Waals surface area contributed by atoms with Crippen molar-refractivity contribution < 1.29 is 46.1 Å². The summed E-state index contributed by atoms with van der Waals surface area (Å²) in [5, 5.41) is 0.